The summed E-state index contributed by atoms with van der Waals surface area (Å²) in [6.07, 6.45) is 0.207. The molecule has 0 amide bonds. The monoisotopic (exact) mass is 234 g/mol. The highest BCUT2D eigenvalue weighted by Gasteiger charge is 2.24. The summed E-state index contributed by atoms with van der Waals surface area (Å²) in [4.78, 5) is 11.3. The molecule has 1 aromatic rings. The van der Waals surface area contributed by atoms with Gasteiger partial charge in [-0.3, -0.25) is 4.79 Å². The third-order valence-corrected chi connectivity index (χ3v) is 2.65. The summed E-state index contributed by atoms with van der Waals surface area (Å²) in [7, 11) is 3.99. The van der Waals surface area contributed by atoms with Crippen LogP contribution >= 0.6 is 0 Å². The van der Waals surface area contributed by atoms with Gasteiger partial charge in [0, 0.05) is 5.56 Å². The molecule has 92 valence electrons. The number of hydrogen-bond donors (Lipinski definition) is 1. The Labute approximate surface area is 103 Å². The van der Waals surface area contributed by atoms with Crippen molar-refractivity contribution in [1.29, 1.82) is 0 Å². The molecule has 1 rings (SSSR count). The Balaban J connectivity index is 2.63. The zero-order valence-electron chi connectivity index (χ0n) is 10.5. The van der Waals surface area contributed by atoms with Crippen molar-refractivity contribution >= 4 is 5.78 Å². The van der Waals surface area contributed by atoms with Gasteiger partial charge in [-0.1, -0.05) is 36.9 Å². The molecule has 0 saturated carbocycles. The molecule has 0 spiro atoms. The highest BCUT2D eigenvalue weighted by atomic mass is 16.3. The Morgan fingerprint density at radius 2 is 2.00 bits per heavy atom. The first-order valence-corrected chi connectivity index (χ1v) is 5.65. The molecule has 1 N–H and O–H groups in total. The van der Waals surface area contributed by atoms with E-state index in [1.54, 1.807) is 0 Å². The van der Waals surface area contributed by atoms with Crippen molar-refractivity contribution in [2.45, 2.75) is 12.6 Å². The van der Waals surface area contributed by atoms with Crippen LogP contribution in [0.1, 0.15) is 5.56 Å². The van der Waals surface area contributed by atoms with E-state index in [1.165, 1.54) is 11.6 Å². The van der Waals surface area contributed by atoms with E-state index in [1.807, 2.05) is 44.4 Å². The molecule has 0 aromatic heterocycles. The first-order chi connectivity index (χ1) is 7.94. The summed E-state index contributed by atoms with van der Waals surface area (Å²) >= 11 is 0. The summed E-state index contributed by atoms with van der Waals surface area (Å²) in [6, 6.07) is 10.0. The fourth-order valence-electron chi connectivity index (χ4n) is 1.84. The van der Waals surface area contributed by atoms with Crippen molar-refractivity contribution in [2.75, 3.05) is 20.6 Å². The second-order valence-electron chi connectivity index (χ2n) is 4.88. The molecule has 0 bridgehead atoms. The predicted octanol–water partition coefficient (Wildman–Crippen LogP) is 1.38. The standard InChI is InChI=1S/C14H20NO2/c1-4-13(16)14(17)11-15(2,3)10-12-8-6-5-7-9-12/h4-9,14,17H,1,10-11H2,2-3H3/q+1. The maximum absolute atomic E-state index is 11.3. The van der Waals surface area contributed by atoms with Crippen LogP contribution in [0.5, 0.6) is 0 Å². The quantitative estimate of drug-likeness (QED) is 0.596. The highest BCUT2D eigenvalue weighted by Crippen LogP contribution is 2.10. The fourth-order valence-corrected chi connectivity index (χ4v) is 1.84. The third kappa shape index (κ3) is 4.51. The predicted molar refractivity (Wildman–Crippen MR) is 68.3 cm³/mol. The molecule has 17 heavy (non-hydrogen) atoms. The topological polar surface area (TPSA) is 37.3 Å². The van der Waals surface area contributed by atoms with Crippen molar-refractivity contribution in [1.82, 2.24) is 0 Å². The summed E-state index contributed by atoms with van der Waals surface area (Å²) in [5.41, 5.74) is 1.19. The van der Waals surface area contributed by atoms with Gasteiger partial charge in [-0.15, -0.1) is 0 Å². The van der Waals surface area contributed by atoms with E-state index in [2.05, 4.69) is 6.58 Å². The second kappa shape index (κ2) is 5.75. The molecule has 1 unspecified atom stereocenters. The van der Waals surface area contributed by atoms with Crippen molar-refractivity contribution in [3.05, 3.63) is 48.6 Å². The Hall–Kier alpha value is -1.45. The molecule has 0 saturated heterocycles. The molecule has 0 aliphatic heterocycles. The molecule has 0 fully saturated rings. The van der Waals surface area contributed by atoms with Crippen molar-refractivity contribution in [2.24, 2.45) is 0 Å². The lowest BCUT2D eigenvalue weighted by Crippen LogP contribution is -2.46. The molecule has 0 radical (unpaired) electrons. The minimum absolute atomic E-state index is 0.315. The SMILES string of the molecule is C=CC(=O)C(O)C[N+](C)(C)Cc1ccccc1. The number of benzene rings is 1. The van der Waals surface area contributed by atoms with Crippen molar-refractivity contribution < 1.29 is 14.4 Å². The van der Waals surface area contributed by atoms with Crippen LogP contribution in [0.15, 0.2) is 43.0 Å². The number of carbonyl (C=O) groups excluding carboxylic acids is 1. The molecule has 0 heterocycles. The normalized spacial score (nSPS) is 13.1. The van der Waals surface area contributed by atoms with Gasteiger partial charge < -0.3 is 9.59 Å². The Morgan fingerprint density at radius 1 is 1.41 bits per heavy atom. The maximum Gasteiger partial charge on any atom is 0.189 e. The number of ketones is 1. The molecule has 0 aliphatic carbocycles. The van der Waals surface area contributed by atoms with Crippen LogP contribution < -0.4 is 0 Å². The molecule has 3 nitrogen and oxygen atoms in total. The van der Waals surface area contributed by atoms with Gasteiger partial charge in [0.15, 0.2) is 11.9 Å². The Morgan fingerprint density at radius 3 is 2.53 bits per heavy atom. The number of aliphatic hydroxyl groups is 1. The van der Waals surface area contributed by atoms with E-state index in [-0.39, 0.29) is 5.78 Å². The number of aliphatic hydroxyl groups excluding tert-OH is 1. The van der Waals surface area contributed by atoms with E-state index < -0.39 is 6.10 Å². The van der Waals surface area contributed by atoms with Crippen LogP contribution in [-0.4, -0.2) is 42.1 Å². The maximum atomic E-state index is 11.3. The van der Waals surface area contributed by atoms with Crippen LogP contribution in [0.25, 0.3) is 0 Å². The smallest absolute Gasteiger partial charge is 0.189 e. The fraction of sp³-hybridized carbons (Fsp3) is 0.357. The molecular weight excluding hydrogens is 214 g/mol. The lowest BCUT2D eigenvalue weighted by atomic mass is 10.1. The second-order valence-corrected chi connectivity index (χ2v) is 4.88. The van der Waals surface area contributed by atoms with Gasteiger partial charge in [0.2, 0.25) is 0 Å². The Bertz CT molecular complexity index is 384. The molecule has 3 heteroatoms. The average molecular weight is 234 g/mol. The highest BCUT2D eigenvalue weighted by molar-refractivity contribution is 5.92. The van der Waals surface area contributed by atoms with E-state index in [9.17, 15) is 9.90 Å². The van der Waals surface area contributed by atoms with Gasteiger partial charge in [0.1, 0.15) is 13.1 Å². The third-order valence-electron chi connectivity index (χ3n) is 2.65. The van der Waals surface area contributed by atoms with Gasteiger partial charge in [-0.05, 0) is 6.08 Å². The van der Waals surface area contributed by atoms with Crippen LogP contribution in [0, 0.1) is 0 Å². The minimum Gasteiger partial charge on any atom is -0.379 e. The average Bonchev–Trinajstić information content (AvgIpc) is 2.27. The lowest BCUT2D eigenvalue weighted by molar-refractivity contribution is -0.905. The number of likely N-dealkylation sites (N-methyl/N-ethyl adjacent to an activating group) is 1. The summed E-state index contributed by atoms with van der Waals surface area (Å²) in [5, 5.41) is 9.69. The van der Waals surface area contributed by atoms with E-state index in [0.29, 0.717) is 11.0 Å². The largest absolute Gasteiger partial charge is 0.379 e. The molecule has 1 atom stereocenters. The van der Waals surface area contributed by atoms with Crippen LogP contribution in [0.2, 0.25) is 0 Å². The van der Waals surface area contributed by atoms with E-state index >= 15 is 0 Å². The van der Waals surface area contributed by atoms with Gasteiger partial charge in [-0.2, -0.15) is 0 Å². The van der Waals surface area contributed by atoms with Crippen LogP contribution in [-0.2, 0) is 11.3 Å². The van der Waals surface area contributed by atoms with Crippen LogP contribution in [0.3, 0.4) is 0 Å². The van der Waals surface area contributed by atoms with Crippen molar-refractivity contribution in [3.8, 4) is 0 Å². The Kier molecular flexibility index (Phi) is 4.61. The molecule has 0 aliphatic rings. The molecular formula is C14H20NO2+. The summed E-state index contributed by atoms with van der Waals surface area (Å²) in [5.74, 6) is -0.315. The number of hydrogen-bond acceptors (Lipinski definition) is 2. The number of carbonyl (C=O) groups is 1. The molecule has 1 aromatic carbocycles. The first kappa shape index (κ1) is 13.6. The first-order valence-electron chi connectivity index (χ1n) is 5.65. The van der Waals surface area contributed by atoms with Crippen LogP contribution in [0.4, 0.5) is 0 Å². The van der Waals surface area contributed by atoms with E-state index in [4.69, 9.17) is 0 Å². The zero-order valence-corrected chi connectivity index (χ0v) is 10.5. The van der Waals surface area contributed by atoms with Crippen molar-refractivity contribution in [3.63, 3.8) is 0 Å². The summed E-state index contributed by atoms with van der Waals surface area (Å²) < 4.78 is 0.560. The number of nitrogens with zero attached hydrogens (tertiary/aromatic N) is 1. The van der Waals surface area contributed by atoms with Gasteiger partial charge in [0.05, 0.1) is 14.1 Å². The number of rotatable bonds is 6. The zero-order chi connectivity index (χ0) is 12.9. The van der Waals surface area contributed by atoms with E-state index in [0.717, 1.165) is 6.54 Å². The lowest BCUT2D eigenvalue weighted by Gasteiger charge is -2.31. The number of quaternary nitrogens is 1. The van der Waals surface area contributed by atoms with Gasteiger partial charge in [-0.25, -0.2) is 0 Å². The minimum atomic E-state index is -0.966. The van der Waals surface area contributed by atoms with Gasteiger partial charge in [0.25, 0.3) is 0 Å². The summed E-state index contributed by atoms with van der Waals surface area (Å²) in [6.45, 7) is 4.55. The van der Waals surface area contributed by atoms with Gasteiger partial charge >= 0.3 is 0 Å².